The van der Waals surface area contributed by atoms with Crippen molar-refractivity contribution in [3.63, 3.8) is 0 Å². The van der Waals surface area contributed by atoms with E-state index in [9.17, 15) is 13.6 Å². The van der Waals surface area contributed by atoms with Crippen LogP contribution >= 0.6 is 23.2 Å². The van der Waals surface area contributed by atoms with Crippen molar-refractivity contribution < 1.29 is 8.78 Å². The second kappa shape index (κ2) is 8.35. The van der Waals surface area contributed by atoms with Gasteiger partial charge in [0, 0.05) is 31.1 Å². The minimum atomic E-state index is -2.43. The first kappa shape index (κ1) is 21.0. The number of rotatable bonds is 4. The molecule has 1 aromatic carbocycles. The average molecular weight is 431 g/mol. The van der Waals surface area contributed by atoms with Gasteiger partial charge in [-0.05, 0) is 38.3 Å². The fourth-order valence-corrected chi connectivity index (χ4v) is 4.04. The highest BCUT2D eigenvalue weighted by atomic mass is 35.5. The SMILES string of the molecule is Cc1nc(N2CCC[C@](N)(CC(F)F)CC2)cc(=O)n1-c1cccc(Cl)c1Cl. The molecule has 1 saturated heterocycles. The summed E-state index contributed by atoms with van der Waals surface area (Å²) in [6.45, 7) is 2.79. The van der Waals surface area contributed by atoms with Crippen molar-refractivity contribution in [2.75, 3.05) is 18.0 Å². The van der Waals surface area contributed by atoms with Gasteiger partial charge in [-0.2, -0.15) is 0 Å². The quantitative estimate of drug-likeness (QED) is 0.789. The van der Waals surface area contributed by atoms with Crippen molar-refractivity contribution in [3.05, 3.63) is 50.5 Å². The van der Waals surface area contributed by atoms with E-state index in [0.717, 1.165) is 0 Å². The Morgan fingerprint density at radius 2 is 2.04 bits per heavy atom. The van der Waals surface area contributed by atoms with Crippen molar-refractivity contribution in [1.29, 1.82) is 0 Å². The summed E-state index contributed by atoms with van der Waals surface area (Å²) in [4.78, 5) is 19.3. The van der Waals surface area contributed by atoms with Crippen molar-refractivity contribution in [2.45, 2.75) is 44.6 Å². The van der Waals surface area contributed by atoms with E-state index in [1.54, 1.807) is 25.1 Å². The van der Waals surface area contributed by atoms with Gasteiger partial charge in [0.15, 0.2) is 0 Å². The van der Waals surface area contributed by atoms with E-state index in [4.69, 9.17) is 28.9 Å². The monoisotopic (exact) mass is 430 g/mol. The van der Waals surface area contributed by atoms with Gasteiger partial charge >= 0.3 is 0 Å². The summed E-state index contributed by atoms with van der Waals surface area (Å²) in [5.41, 5.74) is 5.46. The Bertz CT molecular complexity index is 921. The molecule has 0 aliphatic carbocycles. The number of alkyl halides is 2. The summed E-state index contributed by atoms with van der Waals surface area (Å²) >= 11 is 12.3. The molecule has 0 unspecified atom stereocenters. The first-order chi connectivity index (χ1) is 13.2. The highest BCUT2D eigenvalue weighted by Crippen LogP contribution is 2.30. The lowest BCUT2D eigenvalue weighted by Gasteiger charge is -2.28. The molecule has 0 radical (unpaired) electrons. The normalized spacial score (nSPS) is 20.5. The zero-order chi connectivity index (χ0) is 20.5. The smallest absolute Gasteiger partial charge is 0.260 e. The van der Waals surface area contributed by atoms with E-state index in [1.807, 2.05) is 4.90 Å². The highest BCUT2D eigenvalue weighted by molar-refractivity contribution is 6.43. The Balaban J connectivity index is 1.89. The molecule has 2 heterocycles. The molecular formula is C19H22Cl2F2N4O. The van der Waals surface area contributed by atoms with Crippen LogP contribution in [0.4, 0.5) is 14.6 Å². The molecule has 0 amide bonds. The van der Waals surface area contributed by atoms with Crippen molar-refractivity contribution >= 4 is 29.0 Å². The Morgan fingerprint density at radius 1 is 1.29 bits per heavy atom. The van der Waals surface area contributed by atoms with Gasteiger partial charge in [0.05, 0.1) is 15.7 Å². The van der Waals surface area contributed by atoms with Crippen LogP contribution in [-0.2, 0) is 0 Å². The largest absolute Gasteiger partial charge is 0.356 e. The van der Waals surface area contributed by atoms with Crippen molar-refractivity contribution in [2.24, 2.45) is 5.73 Å². The maximum atomic E-state index is 12.8. The number of nitrogens with zero attached hydrogens (tertiary/aromatic N) is 3. The molecule has 5 nitrogen and oxygen atoms in total. The number of hydrogen-bond acceptors (Lipinski definition) is 4. The standard InChI is InChI=1S/C19H22Cl2F2N4O/c1-12-25-16(26-8-3-6-19(24,7-9-26)11-15(22)23)10-17(28)27(12)14-5-2-4-13(20)18(14)21/h2,4-5,10,15H,3,6-9,11,24H2,1H3/t19-/m1/s1. The lowest BCUT2D eigenvalue weighted by atomic mass is 9.88. The molecule has 3 rings (SSSR count). The summed E-state index contributed by atoms with van der Waals surface area (Å²) in [6, 6.07) is 6.48. The maximum Gasteiger partial charge on any atom is 0.260 e. The van der Waals surface area contributed by atoms with Gasteiger partial charge in [-0.25, -0.2) is 13.8 Å². The number of anilines is 1. The fourth-order valence-electron chi connectivity index (χ4n) is 3.66. The van der Waals surface area contributed by atoms with E-state index < -0.39 is 12.0 Å². The predicted octanol–water partition coefficient (Wildman–Crippen LogP) is 4.19. The third-order valence-corrected chi connectivity index (χ3v) is 5.92. The van der Waals surface area contributed by atoms with Gasteiger partial charge in [-0.1, -0.05) is 29.3 Å². The first-order valence-electron chi connectivity index (χ1n) is 9.07. The third-order valence-electron chi connectivity index (χ3n) is 5.11. The average Bonchev–Trinajstić information content (AvgIpc) is 2.79. The molecular weight excluding hydrogens is 409 g/mol. The molecule has 1 aliphatic heterocycles. The van der Waals surface area contributed by atoms with Crippen molar-refractivity contribution in [1.82, 2.24) is 9.55 Å². The molecule has 1 fully saturated rings. The number of aromatic nitrogens is 2. The second-order valence-electron chi connectivity index (χ2n) is 7.21. The Morgan fingerprint density at radius 3 is 2.71 bits per heavy atom. The van der Waals surface area contributed by atoms with E-state index in [-0.39, 0.29) is 17.0 Å². The molecule has 28 heavy (non-hydrogen) atoms. The molecule has 0 bridgehead atoms. The van der Waals surface area contributed by atoms with E-state index in [2.05, 4.69) is 4.98 Å². The lowest BCUT2D eigenvalue weighted by molar-refractivity contribution is 0.0999. The molecule has 9 heteroatoms. The Labute approximate surface area is 172 Å². The zero-order valence-electron chi connectivity index (χ0n) is 15.5. The summed E-state index contributed by atoms with van der Waals surface area (Å²) in [5, 5.41) is 0.624. The van der Waals surface area contributed by atoms with E-state index >= 15 is 0 Å². The van der Waals surface area contributed by atoms with Crippen LogP contribution in [0, 0.1) is 6.92 Å². The predicted molar refractivity (Wildman–Crippen MR) is 108 cm³/mol. The highest BCUT2D eigenvalue weighted by Gasteiger charge is 2.32. The third kappa shape index (κ3) is 4.47. The summed E-state index contributed by atoms with van der Waals surface area (Å²) in [5.74, 6) is 0.973. The van der Waals surface area contributed by atoms with Crippen molar-refractivity contribution in [3.8, 4) is 5.69 Å². The van der Waals surface area contributed by atoms with Gasteiger partial charge in [-0.3, -0.25) is 9.36 Å². The molecule has 0 saturated carbocycles. The van der Waals surface area contributed by atoms with Crippen LogP contribution < -0.4 is 16.2 Å². The zero-order valence-corrected chi connectivity index (χ0v) is 17.0. The van der Waals surface area contributed by atoms with Crippen LogP contribution in [0.15, 0.2) is 29.1 Å². The lowest BCUT2D eigenvalue weighted by Crippen LogP contribution is -2.42. The number of benzene rings is 1. The van der Waals surface area contributed by atoms with E-state index in [1.165, 1.54) is 10.6 Å². The fraction of sp³-hybridized carbons (Fsp3) is 0.474. The van der Waals surface area contributed by atoms with Crippen LogP contribution in [-0.4, -0.2) is 34.6 Å². The van der Waals surface area contributed by atoms with Gasteiger partial charge < -0.3 is 10.6 Å². The molecule has 1 atom stereocenters. The molecule has 1 aliphatic rings. The van der Waals surface area contributed by atoms with Gasteiger partial charge in [-0.15, -0.1) is 0 Å². The summed E-state index contributed by atoms with van der Waals surface area (Å²) in [7, 11) is 0. The Kier molecular flexibility index (Phi) is 6.27. The molecule has 0 spiro atoms. The van der Waals surface area contributed by atoms with Gasteiger partial charge in [0.25, 0.3) is 5.56 Å². The van der Waals surface area contributed by atoms with Crippen LogP contribution in [0.5, 0.6) is 0 Å². The second-order valence-corrected chi connectivity index (χ2v) is 7.99. The van der Waals surface area contributed by atoms with E-state index in [0.29, 0.717) is 54.7 Å². The molecule has 2 aromatic rings. The topological polar surface area (TPSA) is 64.2 Å². The van der Waals surface area contributed by atoms with Crippen LogP contribution in [0.25, 0.3) is 5.69 Å². The van der Waals surface area contributed by atoms with Crippen LogP contribution in [0.2, 0.25) is 10.0 Å². The maximum absolute atomic E-state index is 12.8. The number of hydrogen-bond donors (Lipinski definition) is 1. The minimum Gasteiger partial charge on any atom is -0.356 e. The number of aryl methyl sites for hydroxylation is 1. The molecule has 2 N–H and O–H groups in total. The van der Waals surface area contributed by atoms with Gasteiger partial charge in [0.1, 0.15) is 11.6 Å². The van der Waals surface area contributed by atoms with Crippen LogP contribution in [0.3, 0.4) is 0 Å². The molecule has 1 aromatic heterocycles. The summed E-state index contributed by atoms with van der Waals surface area (Å²) in [6.07, 6.45) is -1.15. The first-order valence-corrected chi connectivity index (χ1v) is 9.83. The van der Waals surface area contributed by atoms with Gasteiger partial charge in [0.2, 0.25) is 6.43 Å². The summed E-state index contributed by atoms with van der Waals surface area (Å²) < 4.78 is 27.0. The Hall–Kier alpha value is -1.70. The van der Waals surface area contributed by atoms with Crippen LogP contribution in [0.1, 0.15) is 31.5 Å². The number of nitrogens with two attached hydrogens (primary N) is 1. The minimum absolute atomic E-state index is 0.276. The molecule has 152 valence electrons. The number of halogens is 4.